The standard InChI is InChI=1S/C74H126O6/c1-4-7-10-13-16-19-22-25-27-29-31-33-35-37-39-41-43-45-47-49-52-55-58-61-64-67-73(76)79-70-71(69-78-72(75)66-63-60-57-54-51-24-21-18-15-12-9-6-3)80-74(77)68-65-62-59-56-53-50-48-46-44-42-40-38-36-34-32-30-28-26-23-20-17-14-11-8-5-2/h7,10,16,19,23,25-27,30-33,37,39,43,45,49,52,71H,4-6,8-9,11-15,17-18,20-22,24,28-29,34-36,38,40-42,44,46-48,50-51,53-70H2,1-3H3/b10-7-,19-16-,26-23-,27-25-,32-30-,33-31-,39-37-,45-43-,52-49-. The first-order valence-corrected chi connectivity index (χ1v) is 33.9. The number of rotatable bonds is 61. The van der Waals surface area contributed by atoms with Gasteiger partial charge in [0.05, 0.1) is 0 Å². The first-order valence-electron chi connectivity index (χ1n) is 33.9. The van der Waals surface area contributed by atoms with Gasteiger partial charge >= 0.3 is 17.9 Å². The Kier molecular flexibility index (Phi) is 64.3. The third kappa shape index (κ3) is 64.9. The molecule has 0 aliphatic heterocycles. The molecule has 0 aliphatic rings. The Morgan fingerprint density at radius 3 is 0.775 bits per heavy atom. The average molecular weight is 1110 g/mol. The van der Waals surface area contributed by atoms with Gasteiger partial charge in [-0.15, -0.1) is 0 Å². The van der Waals surface area contributed by atoms with E-state index in [1.807, 2.05) is 0 Å². The fourth-order valence-electron chi connectivity index (χ4n) is 9.45. The molecule has 0 bridgehead atoms. The average Bonchev–Trinajstić information content (AvgIpc) is 3.46. The SMILES string of the molecule is CC/C=C\C/C=C\C/C=C\C/C=C\C/C=C\C/C=C\C/C=C\CCCCCC(=O)OCC(COC(=O)CCCCCCCCCCCCCC)OC(=O)CCCCCCCCCCCCCCC/C=C\C/C=C\CCCCCCC. The smallest absolute Gasteiger partial charge is 0.306 e. The van der Waals surface area contributed by atoms with Crippen LogP contribution in [0, 0.1) is 0 Å². The van der Waals surface area contributed by atoms with E-state index < -0.39 is 6.10 Å². The molecule has 80 heavy (non-hydrogen) atoms. The molecule has 0 aromatic heterocycles. The van der Waals surface area contributed by atoms with Gasteiger partial charge in [-0.3, -0.25) is 14.4 Å². The van der Waals surface area contributed by atoms with Crippen LogP contribution in [-0.4, -0.2) is 37.2 Å². The van der Waals surface area contributed by atoms with Gasteiger partial charge in [0.1, 0.15) is 13.2 Å². The number of carbonyl (C=O) groups is 3. The van der Waals surface area contributed by atoms with Gasteiger partial charge in [-0.2, -0.15) is 0 Å². The number of hydrogen-bond donors (Lipinski definition) is 0. The topological polar surface area (TPSA) is 78.9 Å². The van der Waals surface area contributed by atoms with Gasteiger partial charge < -0.3 is 14.2 Å². The molecule has 1 atom stereocenters. The van der Waals surface area contributed by atoms with Crippen molar-refractivity contribution in [3.63, 3.8) is 0 Å². The summed E-state index contributed by atoms with van der Waals surface area (Å²) in [6.45, 7) is 6.51. The molecule has 0 saturated carbocycles. The van der Waals surface area contributed by atoms with E-state index in [9.17, 15) is 14.4 Å². The van der Waals surface area contributed by atoms with E-state index in [-0.39, 0.29) is 31.1 Å². The summed E-state index contributed by atoms with van der Waals surface area (Å²) in [6, 6.07) is 0. The normalized spacial score (nSPS) is 12.8. The number of allylic oxidation sites excluding steroid dienone is 18. The van der Waals surface area contributed by atoms with E-state index in [0.717, 1.165) is 116 Å². The predicted octanol–water partition coefficient (Wildman–Crippen LogP) is 23.4. The molecule has 0 radical (unpaired) electrons. The van der Waals surface area contributed by atoms with E-state index in [1.54, 1.807) is 0 Å². The van der Waals surface area contributed by atoms with Gasteiger partial charge in [0, 0.05) is 19.3 Å². The van der Waals surface area contributed by atoms with Crippen LogP contribution in [0.1, 0.15) is 323 Å². The molecule has 0 rings (SSSR count). The molecule has 0 saturated heterocycles. The highest BCUT2D eigenvalue weighted by molar-refractivity contribution is 5.71. The zero-order chi connectivity index (χ0) is 57.8. The Balaban J connectivity index is 4.36. The highest BCUT2D eigenvalue weighted by Gasteiger charge is 2.19. The Labute approximate surface area is 495 Å². The molecule has 6 heteroatoms. The summed E-state index contributed by atoms with van der Waals surface area (Å²) in [5.74, 6) is -0.911. The van der Waals surface area contributed by atoms with Crippen LogP contribution in [0.5, 0.6) is 0 Å². The molecule has 0 amide bonds. The Morgan fingerprint density at radius 1 is 0.263 bits per heavy atom. The van der Waals surface area contributed by atoms with Crippen LogP contribution in [0.4, 0.5) is 0 Å². The predicted molar refractivity (Wildman–Crippen MR) is 348 cm³/mol. The van der Waals surface area contributed by atoms with Crippen LogP contribution in [-0.2, 0) is 28.6 Å². The second-order valence-electron chi connectivity index (χ2n) is 22.4. The second-order valence-corrected chi connectivity index (χ2v) is 22.4. The van der Waals surface area contributed by atoms with Crippen molar-refractivity contribution in [2.24, 2.45) is 0 Å². The van der Waals surface area contributed by atoms with Crippen LogP contribution in [0.15, 0.2) is 109 Å². The summed E-state index contributed by atoms with van der Waals surface area (Å²) in [4.78, 5) is 38.4. The molecule has 1 unspecified atom stereocenters. The minimum absolute atomic E-state index is 0.0870. The molecule has 0 heterocycles. The molecule has 6 nitrogen and oxygen atoms in total. The third-order valence-electron chi connectivity index (χ3n) is 14.5. The molecule has 0 aromatic rings. The number of carbonyl (C=O) groups excluding carboxylic acids is 3. The van der Waals surface area contributed by atoms with Gasteiger partial charge in [0.15, 0.2) is 6.10 Å². The maximum atomic E-state index is 12.9. The molecular weight excluding hydrogens is 985 g/mol. The van der Waals surface area contributed by atoms with E-state index in [1.165, 1.54) is 167 Å². The van der Waals surface area contributed by atoms with Crippen LogP contribution in [0.25, 0.3) is 0 Å². The van der Waals surface area contributed by atoms with E-state index in [2.05, 4.69) is 130 Å². The van der Waals surface area contributed by atoms with Crippen LogP contribution >= 0.6 is 0 Å². The lowest BCUT2D eigenvalue weighted by atomic mass is 10.0. The maximum absolute atomic E-state index is 12.9. The Hall–Kier alpha value is -3.93. The zero-order valence-corrected chi connectivity index (χ0v) is 52.6. The minimum atomic E-state index is -0.794. The van der Waals surface area contributed by atoms with Crippen molar-refractivity contribution in [3.8, 4) is 0 Å². The Morgan fingerprint density at radius 2 is 0.487 bits per heavy atom. The fraction of sp³-hybridized carbons (Fsp3) is 0.716. The quantitative estimate of drug-likeness (QED) is 0.0261. The summed E-state index contributed by atoms with van der Waals surface area (Å²) in [5, 5.41) is 0. The molecule has 0 fully saturated rings. The maximum Gasteiger partial charge on any atom is 0.306 e. The zero-order valence-electron chi connectivity index (χ0n) is 52.6. The van der Waals surface area contributed by atoms with Crippen molar-refractivity contribution < 1.29 is 28.6 Å². The van der Waals surface area contributed by atoms with Gasteiger partial charge in [-0.05, 0) is 109 Å². The summed E-state index contributed by atoms with van der Waals surface area (Å²) in [7, 11) is 0. The lowest BCUT2D eigenvalue weighted by molar-refractivity contribution is -0.167. The highest BCUT2D eigenvalue weighted by Crippen LogP contribution is 2.16. The number of esters is 3. The second kappa shape index (κ2) is 67.6. The van der Waals surface area contributed by atoms with Crippen LogP contribution in [0.2, 0.25) is 0 Å². The monoisotopic (exact) mass is 1110 g/mol. The molecule has 0 aromatic carbocycles. The van der Waals surface area contributed by atoms with Gasteiger partial charge in [0.2, 0.25) is 0 Å². The summed E-state index contributed by atoms with van der Waals surface area (Å²) < 4.78 is 16.9. The summed E-state index contributed by atoms with van der Waals surface area (Å²) >= 11 is 0. The van der Waals surface area contributed by atoms with Crippen molar-refractivity contribution in [1.29, 1.82) is 0 Å². The molecule has 0 aliphatic carbocycles. The third-order valence-corrected chi connectivity index (χ3v) is 14.5. The molecule has 0 N–H and O–H groups in total. The van der Waals surface area contributed by atoms with Gasteiger partial charge in [0.25, 0.3) is 0 Å². The van der Waals surface area contributed by atoms with Crippen LogP contribution in [0.3, 0.4) is 0 Å². The van der Waals surface area contributed by atoms with E-state index in [0.29, 0.717) is 19.3 Å². The van der Waals surface area contributed by atoms with E-state index in [4.69, 9.17) is 14.2 Å². The minimum Gasteiger partial charge on any atom is -0.462 e. The Bertz CT molecular complexity index is 1610. The number of ether oxygens (including phenoxy) is 3. The fourth-order valence-corrected chi connectivity index (χ4v) is 9.45. The van der Waals surface area contributed by atoms with Gasteiger partial charge in [-0.25, -0.2) is 0 Å². The first-order chi connectivity index (χ1) is 39.5. The van der Waals surface area contributed by atoms with Gasteiger partial charge in [-0.1, -0.05) is 304 Å². The van der Waals surface area contributed by atoms with Crippen LogP contribution < -0.4 is 0 Å². The van der Waals surface area contributed by atoms with Crippen molar-refractivity contribution in [3.05, 3.63) is 109 Å². The molecular formula is C74H126O6. The molecule has 458 valence electrons. The van der Waals surface area contributed by atoms with Crippen molar-refractivity contribution in [2.75, 3.05) is 13.2 Å². The highest BCUT2D eigenvalue weighted by atomic mass is 16.6. The largest absolute Gasteiger partial charge is 0.462 e. The lowest BCUT2D eigenvalue weighted by Crippen LogP contribution is -2.30. The summed E-state index contributed by atoms with van der Waals surface area (Å²) in [6.07, 6.45) is 92.5. The molecule has 0 spiro atoms. The lowest BCUT2D eigenvalue weighted by Gasteiger charge is -2.18. The van der Waals surface area contributed by atoms with E-state index >= 15 is 0 Å². The van der Waals surface area contributed by atoms with Crippen molar-refractivity contribution in [1.82, 2.24) is 0 Å². The number of unbranched alkanes of at least 4 members (excludes halogenated alkanes) is 32. The summed E-state index contributed by atoms with van der Waals surface area (Å²) in [5.41, 5.74) is 0. The van der Waals surface area contributed by atoms with Crippen molar-refractivity contribution in [2.45, 2.75) is 329 Å². The first kappa shape index (κ1) is 76.1. The van der Waals surface area contributed by atoms with Crippen molar-refractivity contribution >= 4 is 17.9 Å². The number of hydrogen-bond acceptors (Lipinski definition) is 6.